The van der Waals surface area contributed by atoms with E-state index in [0.717, 1.165) is 122 Å². The van der Waals surface area contributed by atoms with Crippen molar-refractivity contribution in [2.75, 3.05) is 19.8 Å². The molecule has 0 aliphatic carbocycles. The molecule has 4 aromatic heterocycles. The number of fused-ring (bicyclic) bond motifs is 8. The SMILES string of the molecule is CCOc1ccc(-c2cc(-c3ccc(OCC)cc3)c3nc4c5ccc(-c6ccc(OCC)cc6)c6cccc(c(=O)n4c3c2)c65)cc1.Cc1cccc(C)c1-c1cc(-c2c(C)cccc2C)c2nc3c4ccc(-c5c(C)cccc5C)c5cccc(c(=O)n3c2c1)c54. The number of imidazole rings is 2. The highest BCUT2D eigenvalue weighted by Gasteiger charge is 2.25. The standard InChI is InChI=1S/C42H34N2O4.C42H34N2O/c1-4-46-30-16-10-26(11-17-30)29-24-37(28-14-20-32(21-15-28)48-6-3)40-38(25-29)44-41(43-40)35-23-22-33(27-12-18-31(19-13-27)47-5-2)34-8-7-9-36(39(34)35)42(44)45;1-23-11-7-12-24(2)36(23)29-21-34(38-27(5)15-9-16-28(38)6)40-35(22-29)44-41(43-40)32-20-19-31(37-25(3)13-8-14-26(37)4)30-17-10-18-33(39(30)32)42(44)45/h7-25H,4-6H2,1-3H3;7-22H,1-6H3. The maximum Gasteiger partial charge on any atom is 0.264 e. The summed E-state index contributed by atoms with van der Waals surface area (Å²) in [6, 6.07) is 73.0. The summed E-state index contributed by atoms with van der Waals surface area (Å²) < 4.78 is 20.8. The molecule has 0 bridgehead atoms. The van der Waals surface area contributed by atoms with E-state index in [4.69, 9.17) is 24.2 Å². The highest BCUT2D eigenvalue weighted by atomic mass is 16.5. The van der Waals surface area contributed by atoms with Gasteiger partial charge in [-0.2, -0.15) is 0 Å². The second kappa shape index (κ2) is 23.3. The lowest BCUT2D eigenvalue weighted by atomic mass is 9.89. The Morgan fingerprint density at radius 2 is 0.667 bits per heavy atom. The molecule has 0 saturated carbocycles. The number of aryl methyl sites for hydroxylation is 6. The van der Waals surface area contributed by atoms with Crippen molar-refractivity contribution in [1.29, 1.82) is 0 Å². The van der Waals surface area contributed by atoms with Gasteiger partial charge in [0.1, 0.15) is 28.5 Å². The van der Waals surface area contributed by atoms with Crippen molar-refractivity contribution in [1.82, 2.24) is 18.8 Å². The summed E-state index contributed by atoms with van der Waals surface area (Å²) in [6.45, 7) is 20.7. The van der Waals surface area contributed by atoms with Crippen molar-refractivity contribution in [2.45, 2.75) is 62.3 Å². The summed E-state index contributed by atoms with van der Waals surface area (Å²) in [5, 5.41) is 7.31. The molecule has 12 aromatic carbocycles. The van der Waals surface area contributed by atoms with Crippen LogP contribution in [0.5, 0.6) is 17.2 Å². The molecule has 0 radical (unpaired) electrons. The Hall–Kier alpha value is -11.2. The quantitative estimate of drug-likeness (QED) is 0.120. The minimum Gasteiger partial charge on any atom is -0.494 e. The molecular weight excluding hydrogens is 1140 g/mol. The van der Waals surface area contributed by atoms with E-state index < -0.39 is 0 Å². The summed E-state index contributed by atoms with van der Waals surface area (Å²) in [4.78, 5) is 39.8. The molecule has 0 aliphatic rings. The Balaban J connectivity index is 0.000000154. The molecule has 16 aromatic rings. The van der Waals surface area contributed by atoms with Gasteiger partial charge in [0.15, 0.2) is 0 Å². The summed E-state index contributed by atoms with van der Waals surface area (Å²) >= 11 is 0. The van der Waals surface area contributed by atoms with Gasteiger partial charge < -0.3 is 14.2 Å². The zero-order chi connectivity index (χ0) is 63.9. The van der Waals surface area contributed by atoms with E-state index in [1.165, 1.54) is 50.1 Å². The first-order chi connectivity index (χ1) is 45.3. The van der Waals surface area contributed by atoms with Crippen LogP contribution >= 0.6 is 0 Å². The fourth-order valence-corrected chi connectivity index (χ4v) is 14.6. The van der Waals surface area contributed by atoms with Gasteiger partial charge in [-0.15, -0.1) is 0 Å². The van der Waals surface area contributed by atoms with Gasteiger partial charge in [0, 0.05) is 43.4 Å². The number of pyridine rings is 2. The lowest BCUT2D eigenvalue weighted by molar-refractivity contribution is 0.340. The van der Waals surface area contributed by atoms with Crippen LogP contribution in [0.4, 0.5) is 0 Å². The monoisotopic (exact) mass is 1210 g/mol. The number of ether oxygens (including phenoxy) is 3. The first-order valence-corrected chi connectivity index (χ1v) is 32.1. The average molecular weight is 1210 g/mol. The third kappa shape index (κ3) is 9.68. The van der Waals surface area contributed by atoms with E-state index in [9.17, 15) is 9.59 Å². The molecule has 0 spiro atoms. The fourth-order valence-electron chi connectivity index (χ4n) is 14.6. The van der Waals surface area contributed by atoms with Crippen molar-refractivity contribution >= 4 is 76.5 Å². The average Bonchev–Trinajstić information content (AvgIpc) is 1.65. The van der Waals surface area contributed by atoms with Gasteiger partial charge in [0.25, 0.3) is 11.1 Å². The highest BCUT2D eigenvalue weighted by molar-refractivity contribution is 6.21. The van der Waals surface area contributed by atoms with Gasteiger partial charge in [-0.25, -0.2) is 9.97 Å². The first kappa shape index (κ1) is 58.2. The lowest BCUT2D eigenvalue weighted by Crippen LogP contribution is -2.13. The van der Waals surface area contributed by atoms with Gasteiger partial charge in [-0.05, 0) is 247 Å². The number of hydrogen-bond donors (Lipinski definition) is 0. The third-order valence-corrected chi connectivity index (χ3v) is 18.7. The molecule has 0 atom stereocenters. The number of benzene rings is 12. The smallest absolute Gasteiger partial charge is 0.264 e. The minimum atomic E-state index is -0.0871. The Kier molecular flexibility index (Phi) is 14.6. The van der Waals surface area contributed by atoms with Gasteiger partial charge in [-0.3, -0.25) is 18.4 Å². The van der Waals surface area contributed by atoms with Crippen LogP contribution in [0.15, 0.2) is 222 Å². The molecule has 0 N–H and O–H groups in total. The Morgan fingerprint density at radius 1 is 0.312 bits per heavy atom. The summed E-state index contributed by atoms with van der Waals surface area (Å²) in [7, 11) is 0. The van der Waals surface area contributed by atoms with Gasteiger partial charge in [0.2, 0.25) is 0 Å². The molecule has 4 heterocycles. The lowest BCUT2D eigenvalue weighted by Gasteiger charge is -2.16. The van der Waals surface area contributed by atoms with E-state index >= 15 is 0 Å². The van der Waals surface area contributed by atoms with Gasteiger partial charge in [0.05, 0.1) is 41.9 Å². The third-order valence-electron chi connectivity index (χ3n) is 18.7. The van der Waals surface area contributed by atoms with Crippen molar-refractivity contribution in [3.63, 3.8) is 0 Å². The molecule has 16 rings (SSSR count). The number of hydrogen-bond acceptors (Lipinski definition) is 7. The predicted octanol–water partition coefficient (Wildman–Crippen LogP) is 20.2. The molecule has 9 heteroatoms. The van der Waals surface area contributed by atoms with Crippen molar-refractivity contribution in [3.8, 4) is 84.0 Å². The number of nitrogens with zero attached hydrogens (tertiary/aromatic N) is 4. The van der Waals surface area contributed by atoms with E-state index in [0.29, 0.717) is 41.9 Å². The molecule has 0 fully saturated rings. The van der Waals surface area contributed by atoms with Crippen LogP contribution in [0.25, 0.3) is 143 Å². The van der Waals surface area contributed by atoms with E-state index in [-0.39, 0.29) is 11.1 Å². The van der Waals surface area contributed by atoms with Crippen LogP contribution < -0.4 is 25.3 Å². The topological polar surface area (TPSA) is 96.4 Å². The molecule has 0 aliphatic heterocycles. The first-order valence-electron chi connectivity index (χ1n) is 32.1. The van der Waals surface area contributed by atoms with Crippen LogP contribution in [-0.2, 0) is 0 Å². The Bertz CT molecular complexity index is 5710. The molecule has 93 heavy (non-hydrogen) atoms. The Morgan fingerprint density at radius 3 is 1.13 bits per heavy atom. The number of aromatic nitrogens is 4. The molecule has 0 saturated heterocycles. The maximum atomic E-state index is 14.6. The zero-order valence-electron chi connectivity index (χ0n) is 53.7. The number of rotatable bonds is 12. The second-order valence-electron chi connectivity index (χ2n) is 24.4. The molecule has 454 valence electrons. The van der Waals surface area contributed by atoms with Crippen molar-refractivity contribution in [2.24, 2.45) is 0 Å². The predicted molar refractivity (Wildman–Crippen MR) is 385 cm³/mol. The summed E-state index contributed by atoms with van der Waals surface area (Å²) in [5.74, 6) is 2.46. The van der Waals surface area contributed by atoms with Crippen LogP contribution in [0.3, 0.4) is 0 Å². The second-order valence-corrected chi connectivity index (χ2v) is 24.4. The van der Waals surface area contributed by atoms with Gasteiger partial charge in [-0.1, -0.05) is 127 Å². The van der Waals surface area contributed by atoms with E-state index in [2.05, 4.69) is 193 Å². The zero-order valence-corrected chi connectivity index (χ0v) is 53.7. The van der Waals surface area contributed by atoms with Gasteiger partial charge >= 0.3 is 0 Å². The van der Waals surface area contributed by atoms with Crippen LogP contribution in [-0.4, -0.2) is 38.6 Å². The van der Waals surface area contributed by atoms with Crippen LogP contribution in [0, 0.1) is 41.5 Å². The van der Waals surface area contributed by atoms with E-state index in [1.54, 1.807) is 4.40 Å². The van der Waals surface area contributed by atoms with Crippen LogP contribution in [0.1, 0.15) is 54.2 Å². The summed E-state index contributed by atoms with van der Waals surface area (Å²) in [6.07, 6.45) is 0. The largest absolute Gasteiger partial charge is 0.494 e. The summed E-state index contributed by atoms with van der Waals surface area (Å²) in [5.41, 5.74) is 24.7. The fraction of sp³-hybridized carbons (Fsp3) is 0.143. The minimum absolute atomic E-state index is 0.0321. The van der Waals surface area contributed by atoms with Crippen molar-refractivity contribution in [3.05, 3.63) is 266 Å². The molecule has 0 unspecified atom stereocenters. The molecule has 0 amide bonds. The van der Waals surface area contributed by atoms with Crippen molar-refractivity contribution < 1.29 is 14.2 Å². The van der Waals surface area contributed by atoms with E-state index in [1.807, 2.05) is 85.8 Å². The highest BCUT2D eigenvalue weighted by Crippen LogP contribution is 2.44. The molecule has 9 nitrogen and oxygen atoms in total. The maximum absolute atomic E-state index is 14.6. The Labute approximate surface area is 539 Å². The van der Waals surface area contributed by atoms with Crippen LogP contribution in [0.2, 0.25) is 0 Å². The molecular formula is C84H68N4O5. The normalized spacial score (nSPS) is 11.7.